The highest BCUT2D eigenvalue weighted by molar-refractivity contribution is 5.49. The monoisotopic (exact) mass is 289 g/mol. The van der Waals surface area contributed by atoms with Crippen molar-refractivity contribution in [2.45, 2.75) is 33.2 Å². The van der Waals surface area contributed by atoms with Crippen molar-refractivity contribution < 1.29 is 9.47 Å². The van der Waals surface area contributed by atoms with Crippen LogP contribution in [-0.2, 0) is 5.54 Å². The fourth-order valence-electron chi connectivity index (χ4n) is 2.17. The molecule has 2 N–H and O–H groups in total. The number of imidazole rings is 1. The molecule has 2 rings (SSSR count). The van der Waals surface area contributed by atoms with Crippen molar-refractivity contribution in [3.05, 3.63) is 36.4 Å². The Morgan fingerprint density at radius 1 is 1.14 bits per heavy atom. The van der Waals surface area contributed by atoms with Gasteiger partial charge in [0.25, 0.3) is 0 Å². The van der Waals surface area contributed by atoms with E-state index < -0.39 is 5.54 Å². The maximum Gasteiger partial charge on any atom is 0.163 e. The van der Waals surface area contributed by atoms with Crippen LogP contribution < -0.4 is 15.2 Å². The van der Waals surface area contributed by atoms with E-state index in [1.165, 1.54) is 0 Å². The topological polar surface area (TPSA) is 62.3 Å². The lowest BCUT2D eigenvalue weighted by Crippen LogP contribution is -2.31. The summed E-state index contributed by atoms with van der Waals surface area (Å²) < 4.78 is 13.2. The molecule has 0 spiro atoms. The molecule has 5 nitrogen and oxygen atoms in total. The molecule has 5 heteroatoms. The highest BCUT2D eigenvalue weighted by atomic mass is 16.5. The van der Waals surface area contributed by atoms with Gasteiger partial charge in [0.15, 0.2) is 11.5 Å². The Kier molecular flexibility index (Phi) is 4.53. The van der Waals surface area contributed by atoms with Gasteiger partial charge in [-0.05, 0) is 39.8 Å². The van der Waals surface area contributed by atoms with Gasteiger partial charge in [-0.3, -0.25) is 0 Å². The second-order valence-electron chi connectivity index (χ2n) is 5.37. The van der Waals surface area contributed by atoms with Crippen molar-refractivity contribution in [1.29, 1.82) is 0 Å². The summed E-state index contributed by atoms with van der Waals surface area (Å²) in [5, 5.41) is 0. The lowest BCUT2D eigenvalue weighted by molar-refractivity contribution is 0.287. The first kappa shape index (κ1) is 15.4. The van der Waals surface area contributed by atoms with Gasteiger partial charge in [-0.2, -0.15) is 0 Å². The van der Waals surface area contributed by atoms with Crippen molar-refractivity contribution in [1.82, 2.24) is 9.55 Å². The number of nitrogens with two attached hydrogens (primary N) is 1. The van der Waals surface area contributed by atoms with Crippen LogP contribution in [0.1, 0.15) is 33.4 Å². The molecule has 1 heterocycles. The molecular weight excluding hydrogens is 266 g/mol. The fourth-order valence-corrected chi connectivity index (χ4v) is 2.17. The second-order valence-corrected chi connectivity index (χ2v) is 5.37. The Morgan fingerprint density at radius 3 is 2.43 bits per heavy atom. The third-order valence-electron chi connectivity index (χ3n) is 3.10. The van der Waals surface area contributed by atoms with Crippen molar-refractivity contribution in [2.24, 2.45) is 5.73 Å². The minimum Gasteiger partial charge on any atom is -0.490 e. The minimum atomic E-state index is -0.471. The predicted molar refractivity (Wildman–Crippen MR) is 83.1 cm³/mol. The number of ether oxygens (including phenoxy) is 2. The lowest BCUT2D eigenvalue weighted by Gasteiger charge is -2.21. The van der Waals surface area contributed by atoms with E-state index in [-0.39, 0.29) is 0 Å². The van der Waals surface area contributed by atoms with Gasteiger partial charge in [-0.25, -0.2) is 4.98 Å². The van der Waals surface area contributed by atoms with Crippen LogP contribution in [0.4, 0.5) is 0 Å². The molecule has 1 aromatic heterocycles. The van der Waals surface area contributed by atoms with Crippen LogP contribution in [0.5, 0.6) is 11.5 Å². The number of rotatable bonds is 6. The first-order chi connectivity index (χ1) is 9.97. The third-order valence-corrected chi connectivity index (χ3v) is 3.10. The zero-order valence-corrected chi connectivity index (χ0v) is 13.1. The van der Waals surface area contributed by atoms with Crippen molar-refractivity contribution in [2.75, 3.05) is 13.2 Å². The van der Waals surface area contributed by atoms with Crippen molar-refractivity contribution >= 4 is 0 Å². The largest absolute Gasteiger partial charge is 0.490 e. The quantitative estimate of drug-likeness (QED) is 0.888. The van der Waals surface area contributed by atoms with Crippen LogP contribution in [0.3, 0.4) is 0 Å². The smallest absolute Gasteiger partial charge is 0.163 e. The first-order valence-electron chi connectivity index (χ1n) is 7.19. The van der Waals surface area contributed by atoms with E-state index in [1.807, 2.05) is 50.5 Å². The number of hydrogen-bond acceptors (Lipinski definition) is 4. The van der Waals surface area contributed by atoms with E-state index in [0.717, 1.165) is 22.9 Å². The Morgan fingerprint density at radius 2 is 1.81 bits per heavy atom. The SMILES string of the molecule is CCOc1ccc(-n2cncc2C(C)(C)N)cc1OCC. The summed E-state index contributed by atoms with van der Waals surface area (Å²) in [7, 11) is 0. The predicted octanol–water partition coefficient (Wildman–Crippen LogP) is 2.86. The molecule has 1 aromatic carbocycles. The molecule has 0 saturated heterocycles. The Bertz CT molecular complexity index is 600. The molecule has 0 aliphatic heterocycles. The van der Waals surface area contributed by atoms with Crippen LogP contribution >= 0.6 is 0 Å². The van der Waals surface area contributed by atoms with Crippen LogP contribution in [0.2, 0.25) is 0 Å². The second kappa shape index (κ2) is 6.18. The average Bonchev–Trinajstić information content (AvgIpc) is 2.90. The van der Waals surface area contributed by atoms with Gasteiger partial charge in [0, 0.05) is 6.07 Å². The summed E-state index contributed by atoms with van der Waals surface area (Å²) in [6, 6.07) is 5.84. The van der Waals surface area contributed by atoms with Gasteiger partial charge in [0.2, 0.25) is 0 Å². The summed E-state index contributed by atoms with van der Waals surface area (Å²) in [4.78, 5) is 4.21. The van der Waals surface area contributed by atoms with Crippen LogP contribution in [0.15, 0.2) is 30.7 Å². The summed E-state index contributed by atoms with van der Waals surface area (Å²) >= 11 is 0. The maximum absolute atomic E-state index is 6.20. The number of aromatic nitrogens is 2. The zero-order chi connectivity index (χ0) is 15.5. The van der Waals surface area contributed by atoms with Crippen LogP contribution in [-0.4, -0.2) is 22.8 Å². The van der Waals surface area contributed by atoms with Crippen molar-refractivity contribution in [3.63, 3.8) is 0 Å². The average molecular weight is 289 g/mol. The van der Waals surface area contributed by atoms with Gasteiger partial charge < -0.3 is 19.8 Å². The van der Waals surface area contributed by atoms with Gasteiger partial charge in [-0.1, -0.05) is 0 Å². The minimum absolute atomic E-state index is 0.471. The molecule has 0 unspecified atom stereocenters. The maximum atomic E-state index is 6.20. The highest BCUT2D eigenvalue weighted by Gasteiger charge is 2.20. The molecule has 21 heavy (non-hydrogen) atoms. The van der Waals surface area contributed by atoms with E-state index >= 15 is 0 Å². The molecule has 2 aromatic rings. The molecule has 0 atom stereocenters. The summed E-state index contributed by atoms with van der Waals surface area (Å²) in [6.45, 7) is 9.01. The fraction of sp³-hybridized carbons (Fsp3) is 0.438. The zero-order valence-electron chi connectivity index (χ0n) is 13.1. The molecule has 0 aliphatic rings. The molecule has 114 valence electrons. The number of nitrogens with zero attached hydrogens (tertiary/aromatic N) is 2. The van der Waals surface area contributed by atoms with Gasteiger partial charge in [-0.15, -0.1) is 0 Å². The molecule has 0 aliphatic carbocycles. The van der Waals surface area contributed by atoms with Gasteiger partial charge in [0.1, 0.15) is 0 Å². The van der Waals surface area contributed by atoms with E-state index in [9.17, 15) is 0 Å². The molecule has 0 saturated carbocycles. The molecular formula is C16H23N3O2. The van der Waals surface area contributed by atoms with Crippen LogP contribution in [0.25, 0.3) is 5.69 Å². The number of hydrogen-bond donors (Lipinski definition) is 1. The molecule has 0 radical (unpaired) electrons. The molecule has 0 amide bonds. The van der Waals surface area contributed by atoms with E-state index in [1.54, 1.807) is 12.5 Å². The molecule has 0 bridgehead atoms. The lowest BCUT2D eigenvalue weighted by atomic mass is 10.0. The standard InChI is InChI=1S/C16H23N3O2/c1-5-20-13-8-7-12(9-14(13)21-6-2)19-11-18-10-15(19)16(3,4)17/h7-11H,5-6,17H2,1-4H3. The van der Waals surface area contributed by atoms with Crippen LogP contribution in [0, 0.1) is 0 Å². The third kappa shape index (κ3) is 3.36. The Hall–Kier alpha value is -2.01. The number of benzene rings is 1. The van der Waals surface area contributed by atoms with Gasteiger partial charge in [0.05, 0.1) is 42.7 Å². The van der Waals surface area contributed by atoms with Crippen molar-refractivity contribution in [3.8, 4) is 17.2 Å². The Balaban J connectivity index is 2.46. The summed E-state index contributed by atoms with van der Waals surface area (Å²) in [5.74, 6) is 1.48. The highest BCUT2D eigenvalue weighted by Crippen LogP contribution is 2.31. The molecule has 0 fully saturated rings. The summed E-state index contributed by atoms with van der Waals surface area (Å²) in [5.41, 5.74) is 7.62. The van der Waals surface area contributed by atoms with Gasteiger partial charge >= 0.3 is 0 Å². The van der Waals surface area contributed by atoms with E-state index in [0.29, 0.717) is 13.2 Å². The van der Waals surface area contributed by atoms with E-state index in [4.69, 9.17) is 15.2 Å². The summed E-state index contributed by atoms with van der Waals surface area (Å²) in [6.07, 6.45) is 3.55. The normalized spacial score (nSPS) is 11.5. The van der Waals surface area contributed by atoms with E-state index in [2.05, 4.69) is 4.98 Å². The first-order valence-corrected chi connectivity index (χ1v) is 7.19. The Labute approximate surface area is 125 Å².